The number of furan rings is 1. The molecule has 144 valence electrons. The molecule has 2 aromatic rings. The SMILES string of the molecule is Cc1ccc(-c2ccc(/C=C3\SC(=S)N(C(C)C(=O)O)C3=O)o2)c([N+](=O)[O-])c1. The number of thioether (sulfide) groups is 1. The summed E-state index contributed by atoms with van der Waals surface area (Å²) in [6, 6.07) is 6.86. The summed E-state index contributed by atoms with van der Waals surface area (Å²) in [6.45, 7) is 3.13. The van der Waals surface area contributed by atoms with Crippen molar-refractivity contribution in [1.82, 2.24) is 4.90 Å². The molecule has 0 aliphatic carbocycles. The minimum atomic E-state index is -1.16. The number of aliphatic carboxylic acids is 1. The molecule has 0 saturated carbocycles. The van der Waals surface area contributed by atoms with Crippen LogP contribution in [0.1, 0.15) is 18.2 Å². The van der Waals surface area contributed by atoms with Crippen LogP contribution in [0.2, 0.25) is 0 Å². The van der Waals surface area contributed by atoms with Crippen molar-refractivity contribution in [2.45, 2.75) is 19.9 Å². The summed E-state index contributed by atoms with van der Waals surface area (Å²) in [5.74, 6) is -1.10. The third kappa shape index (κ3) is 3.69. The second-order valence-corrected chi connectivity index (χ2v) is 7.72. The molecule has 1 atom stereocenters. The van der Waals surface area contributed by atoms with Gasteiger partial charge in [0.25, 0.3) is 11.6 Å². The minimum Gasteiger partial charge on any atom is -0.480 e. The van der Waals surface area contributed by atoms with E-state index in [1.54, 1.807) is 31.2 Å². The highest BCUT2D eigenvalue weighted by atomic mass is 32.2. The summed E-state index contributed by atoms with van der Waals surface area (Å²) in [4.78, 5) is 35.7. The highest BCUT2D eigenvalue weighted by Crippen LogP contribution is 2.36. The fourth-order valence-corrected chi connectivity index (χ4v) is 4.03. The van der Waals surface area contributed by atoms with Crippen molar-refractivity contribution in [2.24, 2.45) is 0 Å². The maximum Gasteiger partial charge on any atom is 0.326 e. The van der Waals surface area contributed by atoms with Gasteiger partial charge in [-0.15, -0.1) is 0 Å². The molecular weight excluding hydrogens is 404 g/mol. The number of amides is 1. The number of rotatable bonds is 5. The van der Waals surface area contributed by atoms with Gasteiger partial charge in [-0.05, 0) is 37.6 Å². The van der Waals surface area contributed by atoms with Gasteiger partial charge in [-0.25, -0.2) is 4.79 Å². The zero-order valence-corrected chi connectivity index (χ0v) is 16.4. The quantitative estimate of drug-likeness (QED) is 0.337. The second-order valence-electron chi connectivity index (χ2n) is 6.05. The number of carbonyl (C=O) groups excluding carboxylic acids is 1. The molecule has 0 spiro atoms. The van der Waals surface area contributed by atoms with Gasteiger partial charge in [-0.3, -0.25) is 19.8 Å². The molecule has 2 heterocycles. The molecule has 1 aromatic heterocycles. The van der Waals surface area contributed by atoms with Gasteiger partial charge in [0, 0.05) is 12.1 Å². The Labute approximate surface area is 169 Å². The molecule has 1 aliphatic heterocycles. The third-order valence-corrected chi connectivity index (χ3v) is 5.41. The Bertz CT molecular complexity index is 1040. The Balaban J connectivity index is 1.92. The van der Waals surface area contributed by atoms with Gasteiger partial charge in [0.15, 0.2) is 0 Å². The Morgan fingerprint density at radius 3 is 2.75 bits per heavy atom. The fraction of sp³-hybridized carbons (Fsp3) is 0.167. The molecule has 1 saturated heterocycles. The Hall–Kier alpha value is -2.98. The number of hydrogen-bond donors (Lipinski definition) is 1. The molecule has 0 bridgehead atoms. The lowest BCUT2D eigenvalue weighted by atomic mass is 10.1. The van der Waals surface area contributed by atoms with E-state index in [1.807, 2.05) is 0 Å². The zero-order chi connectivity index (χ0) is 20.6. The Kier molecular flexibility index (Phi) is 5.34. The van der Waals surface area contributed by atoms with Crippen LogP contribution in [0.3, 0.4) is 0 Å². The number of carboxylic acid groups (broad SMARTS) is 1. The number of aryl methyl sites for hydroxylation is 1. The van der Waals surface area contributed by atoms with Crippen LogP contribution in [0.15, 0.2) is 39.7 Å². The van der Waals surface area contributed by atoms with E-state index < -0.39 is 22.8 Å². The van der Waals surface area contributed by atoms with Gasteiger partial charge in [0.1, 0.15) is 21.9 Å². The molecule has 8 nitrogen and oxygen atoms in total. The van der Waals surface area contributed by atoms with E-state index in [-0.39, 0.29) is 20.7 Å². The van der Waals surface area contributed by atoms with Crippen LogP contribution in [0.25, 0.3) is 17.4 Å². The van der Waals surface area contributed by atoms with Crippen LogP contribution in [0.4, 0.5) is 5.69 Å². The lowest BCUT2D eigenvalue weighted by Gasteiger charge is -2.18. The Morgan fingerprint density at radius 1 is 1.39 bits per heavy atom. The van der Waals surface area contributed by atoms with Crippen molar-refractivity contribution in [3.05, 3.63) is 56.7 Å². The number of nitrogens with zero attached hydrogens (tertiary/aromatic N) is 2. The lowest BCUT2D eigenvalue weighted by molar-refractivity contribution is -0.384. The van der Waals surface area contributed by atoms with Gasteiger partial charge in [0.2, 0.25) is 0 Å². The van der Waals surface area contributed by atoms with Crippen LogP contribution in [0, 0.1) is 17.0 Å². The third-order valence-electron chi connectivity index (χ3n) is 4.08. The van der Waals surface area contributed by atoms with Crippen LogP contribution in [-0.4, -0.2) is 37.2 Å². The van der Waals surface area contributed by atoms with E-state index in [0.717, 1.165) is 22.2 Å². The van der Waals surface area contributed by atoms with Crippen molar-refractivity contribution in [1.29, 1.82) is 0 Å². The van der Waals surface area contributed by atoms with E-state index in [1.165, 1.54) is 19.1 Å². The number of hydrogen-bond acceptors (Lipinski definition) is 7. The monoisotopic (exact) mass is 418 g/mol. The molecular formula is C18H14N2O6S2. The smallest absolute Gasteiger partial charge is 0.326 e. The number of benzene rings is 1. The predicted octanol–water partition coefficient (Wildman–Crippen LogP) is 3.84. The summed E-state index contributed by atoms with van der Waals surface area (Å²) in [7, 11) is 0. The molecule has 10 heteroatoms. The van der Waals surface area contributed by atoms with Crippen LogP contribution < -0.4 is 0 Å². The van der Waals surface area contributed by atoms with Gasteiger partial charge in [0.05, 0.1) is 15.4 Å². The molecule has 3 rings (SSSR count). The topological polar surface area (TPSA) is 114 Å². The number of thiocarbonyl (C=S) groups is 1. The maximum atomic E-state index is 12.5. The van der Waals surface area contributed by atoms with Gasteiger partial charge in [-0.1, -0.05) is 30.0 Å². The van der Waals surface area contributed by atoms with Crippen molar-refractivity contribution in [3.8, 4) is 11.3 Å². The van der Waals surface area contributed by atoms with Gasteiger partial charge in [-0.2, -0.15) is 0 Å². The molecule has 28 heavy (non-hydrogen) atoms. The van der Waals surface area contributed by atoms with E-state index in [4.69, 9.17) is 21.7 Å². The van der Waals surface area contributed by atoms with Crippen molar-refractivity contribution < 1.29 is 24.0 Å². The van der Waals surface area contributed by atoms with Crippen LogP contribution in [0.5, 0.6) is 0 Å². The van der Waals surface area contributed by atoms with E-state index in [9.17, 15) is 19.7 Å². The number of carboxylic acids is 1. The van der Waals surface area contributed by atoms with Crippen LogP contribution >= 0.6 is 24.0 Å². The molecule has 1 amide bonds. The normalized spacial score (nSPS) is 16.6. The second kappa shape index (κ2) is 7.56. The van der Waals surface area contributed by atoms with Crippen molar-refractivity contribution in [2.75, 3.05) is 0 Å². The average Bonchev–Trinajstić information content (AvgIpc) is 3.19. The summed E-state index contributed by atoms with van der Waals surface area (Å²) in [6.07, 6.45) is 1.44. The summed E-state index contributed by atoms with van der Waals surface area (Å²) in [5, 5.41) is 20.4. The molecule has 0 radical (unpaired) electrons. The molecule has 1 fully saturated rings. The number of nitro groups is 1. The zero-order valence-electron chi connectivity index (χ0n) is 14.7. The molecule has 1 aliphatic rings. The van der Waals surface area contributed by atoms with Gasteiger partial charge >= 0.3 is 5.97 Å². The van der Waals surface area contributed by atoms with E-state index in [2.05, 4.69) is 0 Å². The highest BCUT2D eigenvalue weighted by molar-refractivity contribution is 8.26. The summed E-state index contributed by atoms with van der Waals surface area (Å²) < 4.78 is 5.81. The Morgan fingerprint density at radius 2 is 2.11 bits per heavy atom. The predicted molar refractivity (Wildman–Crippen MR) is 108 cm³/mol. The fourth-order valence-electron chi connectivity index (χ4n) is 2.63. The molecule has 1 unspecified atom stereocenters. The molecule has 1 aromatic carbocycles. The largest absolute Gasteiger partial charge is 0.480 e. The first-order valence-corrected chi connectivity index (χ1v) is 9.26. The first-order chi connectivity index (χ1) is 13.2. The van der Waals surface area contributed by atoms with E-state index >= 15 is 0 Å². The van der Waals surface area contributed by atoms with Crippen molar-refractivity contribution >= 4 is 51.9 Å². The van der Waals surface area contributed by atoms with Crippen molar-refractivity contribution in [3.63, 3.8) is 0 Å². The standard InChI is InChI=1S/C18H14N2O6S2/c1-9-3-5-12(13(7-9)20(24)25)14-6-4-11(26-14)8-15-16(21)19(18(27)28-15)10(2)17(22)23/h3-8,10H,1-2H3,(H,22,23)/b15-8-. The lowest BCUT2D eigenvalue weighted by Crippen LogP contribution is -2.41. The first kappa shape index (κ1) is 19.8. The average molecular weight is 418 g/mol. The van der Waals surface area contributed by atoms with E-state index in [0.29, 0.717) is 11.3 Å². The van der Waals surface area contributed by atoms with Crippen LogP contribution in [-0.2, 0) is 9.59 Å². The summed E-state index contributed by atoms with van der Waals surface area (Å²) >= 11 is 6.08. The minimum absolute atomic E-state index is 0.0810. The first-order valence-electron chi connectivity index (χ1n) is 8.04. The molecule has 1 N–H and O–H groups in total. The highest BCUT2D eigenvalue weighted by Gasteiger charge is 2.38. The number of carbonyl (C=O) groups is 2. The summed E-state index contributed by atoms with van der Waals surface area (Å²) in [5.41, 5.74) is 0.989. The maximum absolute atomic E-state index is 12.5. The number of nitro benzene ring substituents is 1. The van der Waals surface area contributed by atoms with Gasteiger partial charge < -0.3 is 9.52 Å².